The maximum absolute atomic E-state index is 12.8. The predicted molar refractivity (Wildman–Crippen MR) is 87.3 cm³/mol. The van der Waals surface area contributed by atoms with Gasteiger partial charge >= 0.3 is 0 Å². The second-order valence-electron chi connectivity index (χ2n) is 7.50. The van der Waals surface area contributed by atoms with E-state index in [-0.39, 0.29) is 17.9 Å². The highest BCUT2D eigenvalue weighted by Gasteiger charge is 2.49. The van der Waals surface area contributed by atoms with E-state index >= 15 is 0 Å². The van der Waals surface area contributed by atoms with Crippen molar-refractivity contribution in [2.24, 2.45) is 23.5 Å². The van der Waals surface area contributed by atoms with E-state index in [2.05, 4.69) is 35.6 Å². The first-order valence-corrected chi connectivity index (χ1v) is 8.85. The second kappa shape index (κ2) is 5.69. The van der Waals surface area contributed by atoms with E-state index in [9.17, 15) is 4.79 Å². The van der Waals surface area contributed by atoms with E-state index in [0.717, 1.165) is 6.42 Å². The fourth-order valence-corrected chi connectivity index (χ4v) is 5.24. The van der Waals surface area contributed by atoms with Crippen LogP contribution in [0.2, 0.25) is 0 Å². The SMILES string of the molecule is NC1C2CCC(C2)C1C(=O)NC1CCCC1c1ccccc1. The summed E-state index contributed by atoms with van der Waals surface area (Å²) in [5, 5.41) is 3.37. The summed E-state index contributed by atoms with van der Waals surface area (Å²) in [5.41, 5.74) is 7.69. The molecule has 0 aromatic heterocycles. The van der Waals surface area contributed by atoms with Gasteiger partial charge in [0, 0.05) is 18.0 Å². The number of carbonyl (C=O) groups excluding carboxylic acids is 1. The third-order valence-electron chi connectivity index (χ3n) is 6.35. The number of hydrogen-bond acceptors (Lipinski definition) is 2. The number of carbonyl (C=O) groups is 1. The summed E-state index contributed by atoms with van der Waals surface area (Å²) in [6.07, 6.45) is 7.08. The van der Waals surface area contributed by atoms with E-state index in [1.54, 1.807) is 0 Å². The summed E-state index contributed by atoms with van der Waals surface area (Å²) in [6.45, 7) is 0. The zero-order valence-corrected chi connectivity index (χ0v) is 13.1. The molecule has 1 aromatic rings. The largest absolute Gasteiger partial charge is 0.352 e. The molecule has 3 aliphatic carbocycles. The number of rotatable bonds is 3. The first-order valence-electron chi connectivity index (χ1n) is 8.85. The zero-order chi connectivity index (χ0) is 15.1. The average Bonchev–Trinajstić information content (AvgIpc) is 3.23. The van der Waals surface area contributed by atoms with Gasteiger partial charge in [-0.3, -0.25) is 4.79 Å². The van der Waals surface area contributed by atoms with Crippen LogP contribution in [0.3, 0.4) is 0 Å². The van der Waals surface area contributed by atoms with Crippen LogP contribution in [0.1, 0.15) is 50.0 Å². The summed E-state index contributed by atoms with van der Waals surface area (Å²) in [5.74, 6) is 1.90. The number of hydrogen-bond donors (Lipinski definition) is 2. The van der Waals surface area contributed by atoms with E-state index in [1.165, 1.54) is 37.7 Å². The highest BCUT2D eigenvalue weighted by Crippen LogP contribution is 2.48. The van der Waals surface area contributed by atoms with Gasteiger partial charge in [-0.05, 0) is 49.5 Å². The molecule has 0 saturated heterocycles. The fraction of sp³-hybridized carbons (Fsp3) is 0.632. The predicted octanol–water partition coefficient (Wildman–Crippen LogP) is 2.81. The van der Waals surface area contributed by atoms with E-state index < -0.39 is 0 Å². The molecule has 4 rings (SSSR count). The number of nitrogens with one attached hydrogen (secondary N) is 1. The van der Waals surface area contributed by atoms with Crippen LogP contribution >= 0.6 is 0 Å². The molecule has 0 spiro atoms. The lowest BCUT2D eigenvalue weighted by molar-refractivity contribution is -0.127. The van der Waals surface area contributed by atoms with Gasteiger partial charge in [0.15, 0.2) is 0 Å². The van der Waals surface area contributed by atoms with Gasteiger partial charge in [-0.1, -0.05) is 36.8 Å². The maximum Gasteiger partial charge on any atom is 0.225 e. The lowest BCUT2D eigenvalue weighted by Crippen LogP contribution is -2.48. The Labute approximate surface area is 132 Å². The van der Waals surface area contributed by atoms with Crippen LogP contribution < -0.4 is 11.1 Å². The molecule has 1 amide bonds. The van der Waals surface area contributed by atoms with Gasteiger partial charge in [0.25, 0.3) is 0 Å². The Balaban J connectivity index is 1.45. The van der Waals surface area contributed by atoms with Crippen LogP contribution in [0.25, 0.3) is 0 Å². The molecule has 0 heterocycles. The molecule has 3 N–H and O–H groups in total. The van der Waals surface area contributed by atoms with Crippen molar-refractivity contribution < 1.29 is 4.79 Å². The molecule has 0 aliphatic heterocycles. The third-order valence-corrected chi connectivity index (χ3v) is 6.35. The van der Waals surface area contributed by atoms with Crippen LogP contribution in [-0.2, 0) is 4.79 Å². The summed E-state index contributed by atoms with van der Waals surface area (Å²) in [7, 11) is 0. The van der Waals surface area contributed by atoms with Crippen molar-refractivity contribution in [1.29, 1.82) is 0 Å². The molecule has 3 aliphatic rings. The highest BCUT2D eigenvalue weighted by molar-refractivity contribution is 5.81. The Kier molecular flexibility index (Phi) is 3.69. The Bertz CT molecular complexity index is 542. The minimum atomic E-state index is 0.0655. The molecular formula is C19H26N2O. The van der Waals surface area contributed by atoms with Gasteiger partial charge in [-0.15, -0.1) is 0 Å². The molecular weight excluding hydrogens is 272 g/mol. The van der Waals surface area contributed by atoms with Crippen molar-refractivity contribution in [2.75, 3.05) is 0 Å². The Hall–Kier alpha value is -1.35. The van der Waals surface area contributed by atoms with Crippen molar-refractivity contribution in [3.63, 3.8) is 0 Å². The Morgan fingerprint density at radius 2 is 1.82 bits per heavy atom. The van der Waals surface area contributed by atoms with Gasteiger partial charge in [-0.25, -0.2) is 0 Å². The molecule has 3 heteroatoms. The first-order chi connectivity index (χ1) is 10.7. The van der Waals surface area contributed by atoms with Gasteiger partial charge in [0.05, 0.1) is 5.92 Å². The molecule has 2 bridgehead atoms. The molecule has 6 atom stereocenters. The van der Waals surface area contributed by atoms with Crippen LogP contribution in [0.15, 0.2) is 30.3 Å². The van der Waals surface area contributed by atoms with Crippen LogP contribution in [0, 0.1) is 17.8 Å². The molecule has 22 heavy (non-hydrogen) atoms. The van der Waals surface area contributed by atoms with Crippen molar-refractivity contribution in [2.45, 2.75) is 56.5 Å². The second-order valence-corrected chi connectivity index (χ2v) is 7.50. The molecule has 1 aromatic carbocycles. The summed E-state index contributed by atoms with van der Waals surface area (Å²) >= 11 is 0. The molecule has 6 unspecified atom stereocenters. The van der Waals surface area contributed by atoms with Crippen molar-refractivity contribution in [3.05, 3.63) is 35.9 Å². The topological polar surface area (TPSA) is 55.1 Å². The standard InChI is InChI=1S/C19H26N2O/c20-18-14-10-9-13(11-14)17(18)19(22)21-16-8-4-7-15(16)12-5-2-1-3-6-12/h1-3,5-6,13-18H,4,7-11,20H2,(H,21,22). The van der Waals surface area contributed by atoms with Gasteiger partial charge in [-0.2, -0.15) is 0 Å². The zero-order valence-electron chi connectivity index (χ0n) is 13.1. The Morgan fingerprint density at radius 1 is 1.05 bits per heavy atom. The van der Waals surface area contributed by atoms with Crippen LogP contribution in [-0.4, -0.2) is 18.0 Å². The van der Waals surface area contributed by atoms with E-state index in [4.69, 9.17) is 5.73 Å². The van der Waals surface area contributed by atoms with E-state index in [1.807, 2.05) is 0 Å². The summed E-state index contributed by atoms with van der Waals surface area (Å²) < 4.78 is 0. The van der Waals surface area contributed by atoms with Crippen LogP contribution in [0.5, 0.6) is 0 Å². The minimum absolute atomic E-state index is 0.0655. The van der Waals surface area contributed by atoms with Crippen LogP contribution in [0.4, 0.5) is 0 Å². The maximum atomic E-state index is 12.8. The first kappa shape index (κ1) is 14.3. The van der Waals surface area contributed by atoms with E-state index in [0.29, 0.717) is 23.8 Å². The molecule has 118 valence electrons. The average molecular weight is 298 g/mol. The third kappa shape index (κ3) is 2.36. The number of nitrogens with two attached hydrogens (primary N) is 1. The summed E-state index contributed by atoms with van der Waals surface area (Å²) in [6, 6.07) is 11.0. The lowest BCUT2D eigenvalue weighted by atomic mass is 9.84. The molecule has 3 fully saturated rings. The van der Waals surface area contributed by atoms with Crippen molar-refractivity contribution >= 4 is 5.91 Å². The van der Waals surface area contributed by atoms with Crippen molar-refractivity contribution in [3.8, 4) is 0 Å². The summed E-state index contributed by atoms with van der Waals surface area (Å²) in [4.78, 5) is 12.8. The van der Waals surface area contributed by atoms with Crippen molar-refractivity contribution in [1.82, 2.24) is 5.32 Å². The molecule has 3 saturated carbocycles. The highest BCUT2D eigenvalue weighted by atomic mass is 16.2. The molecule has 0 radical (unpaired) electrons. The minimum Gasteiger partial charge on any atom is -0.352 e. The van der Waals surface area contributed by atoms with Gasteiger partial charge < -0.3 is 11.1 Å². The number of fused-ring (bicyclic) bond motifs is 2. The Morgan fingerprint density at radius 3 is 2.55 bits per heavy atom. The van der Waals surface area contributed by atoms with Gasteiger partial charge in [0.1, 0.15) is 0 Å². The monoisotopic (exact) mass is 298 g/mol. The lowest BCUT2D eigenvalue weighted by Gasteiger charge is -2.30. The smallest absolute Gasteiger partial charge is 0.225 e. The number of amides is 1. The number of benzene rings is 1. The quantitative estimate of drug-likeness (QED) is 0.901. The van der Waals surface area contributed by atoms with Gasteiger partial charge in [0.2, 0.25) is 5.91 Å². The normalized spacial score (nSPS) is 40.0. The fourth-order valence-electron chi connectivity index (χ4n) is 5.24. The molecule has 3 nitrogen and oxygen atoms in total.